The van der Waals surface area contributed by atoms with Crippen LogP contribution < -0.4 is 5.73 Å². The number of aliphatic carboxylic acids is 1. The highest BCUT2D eigenvalue weighted by molar-refractivity contribution is 5.66. The molecule has 0 radical (unpaired) electrons. The molecule has 0 aromatic heterocycles. The first-order chi connectivity index (χ1) is 8.56. The minimum absolute atomic E-state index is 0.285. The van der Waals surface area contributed by atoms with Gasteiger partial charge in [-0.3, -0.25) is 4.79 Å². The molecule has 18 heavy (non-hydrogen) atoms. The fourth-order valence-corrected chi connectivity index (χ4v) is 1.25. The van der Waals surface area contributed by atoms with Gasteiger partial charge in [-0.15, -0.1) is 0 Å². The second-order valence-electron chi connectivity index (χ2n) is 3.61. The summed E-state index contributed by atoms with van der Waals surface area (Å²) in [5.74, 6) is -0.701. The van der Waals surface area contributed by atoms with Crippen molar-refractivity contribution in [1.29, 1.82) is 0 Å². The summed E-state index contributed by atoms with van der Waals surface area (Å²) in [4.78, 5) is 19.6. The zero-order valence-corrected chi connectivity index (χ0v) is 10.5. The van der Waals surface area contributed by atoms with Crippen molar-refractivity contribution in [1.82, 2.24) is 0 Å². The Kier molecular flexibility index (Phi) is 8.99. The van der Waals surface area contributed by atoms with Crippen molar-refractivity contribution < 1.29 is 19.4 Å². The maximum absolute atomic E-state index is 10.2. The number of primary amides is 1. The van der Waals surface area contributed by atoms with E-state index in [-0.39, 0.29) is 6.42 Å². The lowest BCUT2D eigenvalue weighted by molar-refractivity contribution is -0.137. The molecule has 0 fully saturated rings. The van der Waals surface area contributed by atoms with E-state index in [1.54, 1.807) is 0 Å². The van der Waals surface area contributed by atoms with Crippen molar-refractivity contribution >= 4 is 12.1 Å². The quantitative estimate of drug-likeness (QED) is 0.787. The van der Waals surface area contributed by atoms with E-state index in [2.05, 4.69) is 22.6 Å². The summed E-state index contributed by atoms with van der Waals surface area (Å²) in [5.41, 5.74) is 5.72. The molecule has 5 nitrogen and oxygen atoms in total. The molecule has 5 heteroatoms. The largest absolute Gasteiger partial charge is 0.481 e. The van der Waals surface area contributed by atoms with Gasteiger partial charge in [0.1, 0.15) is 0 Å². The molecule has 0 bridgehead atoms. The van der Waals surface area contributed by atoms with Crippen LogP contribution in [0.25, 0.3) is 0 Å². The third-order valence-electron chi connectivity index (χ3n) is 2.15. The molecule has 0 aliphatic heterocycles. The van der Waals surface area contributed by atoms with Gasteiger partial charge in [-0.05, 0) is 24.8 Å². The molecular weight excluding hydrogens is 234 g/mol. The molecule has 0 saturated carbocycles. The molecule has 1 rings (SSSR count). The molecule has 100 valence electrons. The van der Waals surface area contributed by atoms with Crippen molar-refractivity contribution in [2.24, 2.45) is 5.73 Å². The second-order valence-corrected chi connectivity index (χ2v) is 3.61. The van der Waals surface area contributed by atoms with Crippen LogP contribution in [0.15, 0.2) is 30.3 Å². The molecule has 0 aliphatic carbocycles. The minimum Gasteiger partial charge on any atom is -0.481 e. The number of benzene rings is 1. The number of aryl methyl sites for hydroxylation is 1. The van der Waals surface area contributed by atoms with Gasteiger partial charge in [0, 0.05) is 6.42 Å². The van der Waals surface area contributed by atoms with Gasteiger partial charge < -0.3 is 15.6 Å². The van der Waals surface area contributed by atoms with Gasteiger partial charge in [-0.1, -0.05) is 30.3 Å². The van der Waals surface area contributed by atoms with Crippen molar-refractivity contribution in [2.45, 2.75) is 25.7 Å². The Labute approximate surface area is 107 Å². The van der Waals surface area contributed by atoms with E-state index < -0.39 is 12.1 Å². The van der Waals surface area contributed by atoms with E-state index in [1.165, 1.54) is 12.7 Å². The van der Waals surface area contributed by atoms with E-state index >= 15 is 0 Å². The van der Waals surface area contributed by atoms with Gasteiger partial charge in [-0.2, -0.15) is 0 Å². The number of ether oxygens (including phenoxy) is 1. The van der Waals surface area contributed by atoms with Gasteiger partial charge in [0.25, 0.3) is 0 Å². The van der Waals surface area contributed by atoms with Crippen LogP contribution in [0, 0.1) is 0 Å². The lowest BCUT2D eigenvalue weighted by Gasteiger charge is -1.98. The smallest absolute Gasteiger partial charge is 0.404 e. The number of carbonyl (C=O) groups excluding carboxylic acids is 1. The predicted octanol–water partition coefficient (Wildman–Crippen LogP) is 2.20. The lowest BCUT2D eigenvalue weighted by Crippen LogP contribution is -2.08. The van der Waals surface area contributed by atoms with Crippen molar-refractivity contribution in [2.75, 3.05) is 7.11 Å². The SMILES string of the molecule is COC(N)=O.O=C(O)CCCCc1ccccc1. The Balaban J connectivity index is 0.000000494. The fourth-order valence-electron chi connectivity index (χ4n) is 1.25. The van der Waals surface area contributed by atoms with Crippen molar-refractivity contribution in [3.8, 4) is 0 Å². The van der Waals surface area contributed by atoms with Gasteiger partial charge in [0.2, 0.25) is 0 Å². The van der Waals surface area contributed by atoms with Crippen LogP contribution in [-0.2, 0) is 16.0 Å². The summed E-state index contributed by atoms with van der Waals surface area (Å²) >= 11 is 0. The first-order valence-electron chi connectivity index (χ1n) is 5.65. The van der Waals surface area contributed by atoms with Gasteiger partial charge in [0.05, 0.1) is 7.11 Å². The Bertz CT molecular complexity index is 351. The first-order valence-corrected chi connectivity index (χ1v) is 5.65. The Morgan fingerprint density at radius 1 is 1.22 bits per heavy atom. The molecule has 0 heterocycles. The van der Waals surface area contributed by atoms with Crippen LogP contribution in [0.5, 0.6) is 0 Å². The zero-order valence-electron chi connectivity index (χ0n) is 10.5. The topological polar surface area (TPSA) is 89.6 Å². The Morgan fingerprint density at radius 3 is 2.22 bits per heavy atom. The number of nitrogens with two attached hydrogens (primary N) is 1. The molecule has 0 unspecified atom stereocenters. The Morgan fingerprint density at radius 2 is 1.78 bits per heavy atom. The number of hydrogen-bond acceptors (Lipinski definition) is 3. The number of carbonyl (C=O) groups is 2. The third kappa shape index (κ3) is 10.5. The highest BCUT2D eigenvalue weighted by atomic mass is 16.5. The number of amides is 1. The van der Waals surface area contributed by atoms with E-state index in [0.29, 0.717) is 0 Å². The van der Waals surface area contributed by atoms with Crippen molar-refractivity contribution in [3.63, 3.8) is 0 Å². The minimum atomic E-state index is -0.745. The number of unbranched alkanes of at least 4 members (excludes halogenated alkanes) is 1. The highest BCUT2D eigenvalue weighted by Gasteiger charge is 1.96. The van der Waals surface area contributed by atoms with Crippen LogP contribution in [0.3, 0.4) is 0 Å². The van der Waals surface area contributed by atoms with Crippen LogP contribution in [0.4, 0.5) is 4.79 Å². The van der Waals surface area contributed by atoms with Crippen LogP contribution in [0.2, 0.25) is 0 Å². The van der Waals surface area contributed by atoms with E-state index in [9.17, 15) is 9.59 Å². The molecule has 0 saturated heterocycles. The summed E-state index contributed by atoms with van der Waals surface area (Å²) < 4.78 is 3.89. The molecule has 3 N–H and O–H groups in total. The van der Waals surface area contributed by atoms with Crippen LogP contribution in [-0.4, -0.2) is 24.3 Å². The fraction of sp³-hybridized carbons (Fsp3) is 0.385. The van der Waals surface area contributed by atoms with E-state index in [1.807, 2.05) is 18.2 Å². The molecule has 0 aliphatic rings. The van der Waals surface area contributed by atoms with Gasteiger partial charge in [0.15, 0.2) is 0 Å². The van der Waals surface area contributed by atoms with E-state index in [4.69, 9.17) is 5.11 Å². The zero-order chi connectivity index (χ0) is 13.8. The first kappa shape index (κ1) is 16.0. The highest BCUT2D eigenvalue weighted by Crippen LogP contribution is 2.05. The predicted molar refractivity (Wildman–Crippen MR) is 68.2 cm³/mol. The second kappa shape index (κ2) is 10.1. The standard InChI is InChI=1S/C11H14O2.C2H5NO2/c12-11(13)9-5-4-8-10-6-2-1-3-7-10;1-5-2(3)4/h1-3,6-7H,4-5,8-9H2,(H,12,13);1H3,(H2,3,4). The van der Waals surface area contributed by atoms with Gasteiger partial charge >= 0.3 is 12.1 Å². The number of carboxylic acid groups (broad SMARTS) is 1. The van der Waals surface area contributed by atoms with Crippen LogP contribution >= 0.6 is 0 Å². The Hall–Kier alpha value is -2.04. The summed E-state index contributed by atoms with van der Waals surface area (Å²) in [6, 6.07) is 10.1. The number of methoxy groups -OCH3 is 1. The molecular formula is C13H19NO4. The van der Waals surface area contributed by atoms with Crippen molar-refractivity contribution in [3.05, 3.63) is 35.9 Å². The lowest BCUT2D eigenvalue weighted by atomic mass is 10.1. The normalized spacial score (nSPS) is 8.94. The third-order valence-corrected chi connectivity index (χ3v) is 2.15. The monoisotopic (exact) mass is 253 g/mol. The summed E-state index contributed by atoms with van der Waals surface area (Å²) in [5, 5.41) is 8.41. The number of rotatable bonds is 5. The number of carboxylic acids is 1. The molecule has 1 amide bonds. The molecule has 1 aromatic rings. The molecule has 0 atom stereocenters. The maximum Gasteiger partial charge on any atom is 0.404 e. The van der Waals surface area contributed by atoms with Crippen LogP contribution in [0.1, 0.15) is 24.8 Å². The summed E-state index contributed by atoms with van der Waals surface area (Å²) in [6.07, 6.45) is 2.24. The molecule has 1 aromatic carbocycles. The summed E-state index contributed by atoms with van der Waals surface area (Å²) in [6.45, 7) is 0. The average Bonchev–Trinajstić information content (AvgIpc) is 2.36. The van der Waals surface area contributed by atoms with E-state index in [0.717, 1.165) is 19.3 Å². The maximum atomic E-state index is 10.2. The molecule has 0 spiro atoms. The summed E-state index contributed by atoms with van der Waals surface area (Å²) in [7, 11) is 1.22. The average molecular weight is 253 g/mol. The number of hydrogen-bond donors (Lipinski definition) is 2. The van der Waals surface area contributed by atoms with Gasteiger partial charge in [-0.25, -0.2) is 4.79 Å².